The Morgan fingerprint density at radius 3 is 2.72 bits per heavy atom. The molecule has 0 unspecified atom stereocenters. The molecule has 0 aliphatic rings. The Balaban J connectivity index is 2.71. The number of hydrogen-bond donors (Lipinski definition) is 0. The molecule has 1 aromatic rings. The van der Waals surface area contributed by atoms with Crippen molar-refractivity contribution in [2.45, 2.75) is 13.5 Å². The molecule has 0 bridgehead atoms. The van der Waals surface area contributed by atoms with Crippen LogP contribution >= 0.6 is 0 Å². The van der Waals surface area contributed by atoms with Gasteiger partial charge in [0.15, 0.2) is 0 Å². The fraction of sp³-hybridized carbons (Fsp3) is 0.417. The highest BCUT2D eigenvalue weighted by Gasteiger charge is 2.11. The van der Waals surface area contributed by atoms with Crippen LogP contribution in [0.25, 0.3) is 0 Å². The average molecular weight is 251 g/mol. The van der Waals surface area contributed by atoms with Crippen LogP contribution in [-0.4, -0.2) is 47.8 Å². The summed E-state index contributed by atoms with van der Waals surface area (Å²) in [5.41, 5.74) is 0.887. The van der Waals surface area contributed by atoms with Gasteiger partial charge in [-0.25, -0.2) is 4.79 Å². The third-order valence-corrected chi connectivity index (χ3v) is 2.36. The first-order valence-corrected chi connectivity index (χ1v) is 5.46. The van der Waals surface area contributed by atoms with E-state index < -0.39 is 0 Å². The van der Waals surface area contributed by atoms with E-state index in [2.05, 4.69) is 9.84 Å². The van der Waals surface area contributed by atoms with Crippen molar-refractivity contribution in [1.29, 1.82) is 0 Å². The average Bonchev–Trinajstić information content (AvgIpc) is 2.82. The van der Waals surface area contributed by atoms with Crippen molar-refractivity contribution < 1.29 is 14.3 Å². The summed E-state index contributed by atoms with van der Waals surface area (Å²) in [7, 11) is 4.67. The lowest BCUT2D eigenvalue weighted by Gasteiger charge is -2.06. The molecular formula is C12H17N3O3. The maximum absolute atomic E-state index is 11.6. The minimum absolute atomic E-state index is 0.151. The smallest absolute Gasteiger partial charge is 0.333 e. The van der Waals surface area contributed by atoms with Crippen molar-refractivity contribution in [3.63, 3.8) is 0 Å². The summed E-state index contributed by atoms with van der Waals surface area (Å²) in [5.74, 6) is -0.519. The first kappa shape index (κ1) is 14.0. The molecule has 0 aromatic carbocycles. The zero-order chi connectivity index (χ0) is 13.7. The SMILES string of the molecule is COC(=O)C(C)=CCn1ccc(C(=O)N(C)C)n1. The van der Waals surface area contributed by atoms with Crippen LogP contribution in [0.4, 0.5) is 0 Å². The van der Waals surface area contributed by atoms with Crippen LogP contribution in [0.2, 0.25) is 0 Å². The molecule has 6 heteroatoms. The number of methoxy groups -OCH3 is 1. The van der Waals surface area contributed by atoms with Gasteiger partial charge in [-0.2, -0.15) is 5.10 Å². The van der Waals surface area contributed by atoms with Crippen LogP contribution in [0.15, 0.2) is 23.9 Å². The van der Waals surface area contributed by atoms with E-state index in [4.69, 9.17) is 0 Å². The molecule has 0 aliphatic heterocycles. The van der Waals surface area contributed by atoms with E-state index in [1.165, 1.54) is 12.0 Å². The number of amides is 1. The highest BCUT2D eigenvalue weighted by atomic mass is 16.5. The van der Waals surface area contributed by atoms with Crippen molar-refractivity contribution in [2.75, 3.05) is 21.2 Å². The molecule has 1 heterocycles. The zero-order valence-electron chi connectivity index (χ0n) is 11.0. The van der Waals surface area contributed by atoms with Gasteiger partial charge in [0, 0.05) is 25.9 Å². The number of ether oxygens (including phenoxy) is 1. The lowest BCUT2D eigenvalue weighted by Crippen LogP contribution is -2.22. The maximum Gasteiger partial charge on any atom is 0.333 e. The molecular weight excluding hydrogens is 234 g/mol. The summed E-state index contributed by atoms with van der Waals surface area (Å²) in [6, 6.07) is 1.64. The lowest BCUT2D eigenvalue weighted by molar-refractivity contribution is -0.136. The molecule has 98 valence electrons. The summed E-state index contributed by atoms with van der Waals surface area (Å²) in [4.78, 5) is 24.2. The number of aromatic nitrogens is 2. The van der Waals surface area contributed by atoms with E-state index in [0.717, 1.165) is 0 Å². The van der Waals surface area contributed by atoms with Crippen LogP contribution in [0, 0.1) is 0 Å². The summed E-state index contributed by atoms with van der Waals surface area (Å²) in [6.07, 6.45) is 3.39. The standard InChI is InChI=1S/C12H17N3O3/c1-9(12(17)18-4)5-7-15-8-6-10(13-15)11(16)14(2)3/h5-6,8H,7H2,1-4H3. The highest BCUT2D eigenvalue weighted by Crippen LogP contribution is 2.01. The maximum atomic E-state index is 11.6. The second kappa shape index (κ2) is 6.00. The number of carbonyl (C=O) groups is 2. The quantitative estimate of drug-likeness (QED) is 0.584. The second-order valence-electron chi connectivity index (χ2n) is 4.00. The molecule has 18 heavy (non-hydrogen) atoms. The van der Waals surface area contributed by atoms with Crippen molar-refractivity contribution in [2.24, 2.45) is 0 Å². The molecule has 0 saturated carbocycles. The monoisotopic (exact) mass is 251 g/mol. The molecule has 6 nitrogen and oxygen atoms in total. The van der Waals surface area contributed by atoms with E-state index in [0.29, 0.717) is 17.8 Å². The predicted octanol–water partition coefficient (Wildman–Crippen LogP) is 0.704. The second-order valence-corrected chi connectivity index (χ2v) is 4.00. The Morgan fingerprint density at radius 2 is 2.17 bits per heavy atom. The van der Waals surface area contributed by atoms with E-state index in [1.54, 1.807) is 44.0 Å². The predicted molar refractivity (Wildman–Crippen MR) is 66.0 cm³/mol. The van der Waals surface area contributed by atoms with Crippen molar-refractivity contribution in [1.82, 2.24) is 14.7 Å². The first-order chi connectivity index (χ1) is 8.45. The van der Waals surface area contributed by atoms with Gasteiger partial charge in [0.05, 0.1) is 13.7 Å². The fourth-order valence-electron chi connectivity index (χ4n) is 1.28. The third kappa shape index (κ3) is 3.44. The number of rotatable bonds is 4. The molecule has 0 saturated heterocycles. The summed E-state index contributed by atoms with van der Waals surface area (Å²) in [6.45, 7) is 2.09. The molecule has 0 N–H and O–H groups in total. The highest BCUT2D eigenvalue weighted by molar-refractivity contribution is 5.91. The Hall–Kier alpha value is -2.11. The molecule has 0 spiro atoms. The molecule has 1 amide bonds. The van der Waals surface area contributed by atoms with Crippen LogP contribution in [-0.2, 0) is 16.1 Å². The lowest BCUT2D eigenvalue weighted by atomic mass is 10.3. The van der Waals surface area contributed by atoms with Crippen LogP contribution < -0.4 is 0 Å². The molecule has 0 radical (unpaired) electrons. The Kier molecular flexibility index (Phi) is 4.65. The Bertz CT molecular complexity index is 475. The largest absolute Gasteiger partial charge is 0.466 e. The molecule has 0 fully saturated rings. The van der Waals surface area contributed by atoms with E-state index >= 15 is 0 Å². The normalized spacial score (nSPS) is 11.2. The van der Waals surface area contributed by atoms with Crippen LogP contribution in [0.5, 0.6) is 0 Å². The summed E-state index contributed by atoms with van der Waals surface area (Å²) < 4.78 is 6.16. The van der Waals surface area contributed by atoms with E-state index in [9.17, 15) is 9.59 Å². The van der Waals surface area contributed by atoms with Gasteiger partial charge in [0.25, 0.3) is 5.91 Å². The molecule has 0 atom stereocenters. The van der Waals surface area contributed by atoms with Crippen molar-refractivity contribution in [3.8, 4) is 0 Å². The first-order valence-electron chi connectivity index (χ1n) is 5.46. The minimum Gasteiger partial charge on any atom is -0.466 e. The zero-order valence-corrected chi connectivity index (χ0v) is 11.0. The van der Waals surface area contributed by atoms with Gasteiger partial charge in [-0.3, -0.25) is 9.48 Å². The van der Waals surface area contributed by atoms with E-state index in [1.807, 2.05) is 0 Å². The van der Waals surface area contributed by atoms with Crippen molar-refractivity contribution >= 4 is 11.9 Å². The topological polar surface area (TPSA) is 64.4 Å². The van der Waals surface area contributed by atoms with Gasteiger partial charge in [0.2, 0.25) is 0 Å². The minimum atomic E-state index is -0.369. The van der Waals surface area contributed by atoms with E-state index in [-0.39, 0.29) is 11.9 Å². The number of hydrogen-bond acceptors (Lipinski definition) is 4. The van der Waals surface area contributed by atoms with Gasteiger partial charge in [0.1, 0.15) is 5.69 Å². The Labute approximate surface area is 106 Å². The molecule has 1 rings (SSSR count). The summed E-state index contributed by atoms with van der Waals surface area (Å²) >= 11 is 0. The van der Waals surface area contributed by atoms with Crippen LogP contribution in [0.3, 0.4) is 0 Å². The number of nitrogens with zero attached hydrogens (tertiary/aromatic N) is 3. The van der Waals surface area contributed by atoms with Crippen molar-refractivity contribution in [3.05, 3.63) is 29.6 Å². The number of carbonyl (C=O) groups excluding carboxylic acids is 2. The third-order valence-electron chi connectivity index (χ3n) is 2.36. The summed E-state index contributed by atoms with van der Waals surface area (Å²) in [5, 5.41) is 4.12. The van der Waals surface area contributed by atoms with Gasteiger partial charge in [-0.05, 0) is 13.0 Å². The number of allylic oxidation sites excluding steroid dienone is 1. The molecule has 1 aromatic heterocycles. The fourth-order valence-corrected chi connectivity index (χ4v) is 1.28. The Morgan fingerprint density at radius 1 is 1.50 bits per heavy atom. The van der Waals surface area contributed by atoms with Gasteiger partial charge in [-0.1, -0.05) is 6.08 Å². The van der Waals surface area contributed by atoms with Gasteiger partial charge < -0.3 is 9.64 Å². The number of esters is 1. The molecule has 0 aliphatic carbocycles. The van der Waals surface area contributed by atoms with Gasteiger partial charge >= 0.3 is 5.97 Å². The van der Waals surface area contributed by atoms with Crippen LogP contribution in [0.1, 0.15) is 17.4 Å². The van der Waals surface area contributed by atoms with Gasteiger partial charge in [-0.15, -0.1) is 0 Å².